The average molecular weight is 209 g/mol. The van der Waals surface area contributed by atoms with Crippen molar-refractivity contribution in [2.45, 2.75) is 32.3 Å². The van der Waals surface area contributed by atoms with Crippen LogP contribution in [0.3, 0.4) is 0 Å². The second-order valence-corrected chi connectivity index (χ2v) is 3.77. The molecule has 1 fully saturated rings. The van der Waals surface area contributed by atoms with Gasteiger partial charge >= 0.3 is 0 Å². The Bertz CT molecular complexity index is 342. The summed E-state index contributed by atoms with van der Waals surface area (Å²) < 4.78 is 5.38. The maximum Gasteiger partial charge on any atom is 0.254 e. The van der Waals surface area contributed by atoms with E-state index in [1.807, 2.05) is 6.92 Å². The van der Waals surface area contributed by atoms with E-state index in [-0.39, 0.29) is 12.0 Å². The van der Waals surface area contributed by atoms with Gasteiger partial charge in [0.15, 0.2) is 0 Å². The molecular formula is C10H15N3O2. The summed E-state index contributed by atoms with van der Waals surface area (Å²) in [7, 11) is 0. The van der Waals surface area contributed by atoms with Gasteiger partial charge in [-0.2, -0.15) is 5.10 Å². The molecule has 0 aliphatic carbocycles. The lowest BCUT2D eigenvalue weighted by Gasteiger charge is -2.21. The summed E-state index contributed by atoms with van der Waals surface area (Å²) in [5.74, 6) is 0.580. The number of amides is 1. The molecule has 1 unspecified atom stereocenters. The highest BCUT2D eigenvalue weighted by atomic mass is 16.5. The molecule has 0 aromatic carbocycles. The van der Waals surface area contributed by atoms with Crippen molar-refractivity contribution in [3.8, 4) is 0 Å². The first-order valence-electron chi connectivity index (χ1n) is 5.20. The lowest BCUT2D eigenvalue weighted by atomic mass is 10.1. The van der Waals surface area contributed by atoms with E-state index in [9.17, 15) is 4.79 Å². The number of ether oxygens (including phenoxy) is 1. The largest absolute Gasteiger partial charge is 0.368 e. The number of carbonyl (C=O) groups excluding carboxylic acids is 1. The van der Waals surface area contributed by atoms with Gasteiger partial charge in [-0.25, -0.2) is 0 Å². The molecule has 0 bridgehead atoms. The molecule has 2 heterocycles. The number of carbonyl (C=O) groups is 1. The summed E-state index contributed by atoms with van der Waals surface area (Å²) in [6.45, 7) is 2.57. The lowest BCUT2D eigenvalue weighted by molar-refractivity contribution is -0.130. The van der Waals surface area contributed by atoms with Crippen molar-refractivity contribution in [3.63, 3.8) is 0 Å². The molecule has 0 radical (unpaired) electrons. The molecule has 0 saturated carbocycles. The summed E-state index contributed by atoms with van der Waals surface area (Å²) in [6.07, 6.45) is 4.28. The number of rotatable bonds is 2. The van der Waals surface area contributed by atoms with Gasteiger partial charge in [0.1, 0.15) is 11.9 Å². The van der Waals surface area contributed by atoms with Crippen molar-refractivity contribution in [2.24, 2.45) is 0 Å². The zero-order valence-electron chi connectivity index (χ0n) is 8.75. The van der Waals surface area contributed by atoms with Gasteiger partial charge in [0.05, 0.1) is 6.20 Å². The predicted molar refractivity (Wildman–Crippen MR) is 55.5 cm³/mol. The van der Waals surface area contributed by atoms with E-state index in [1.165, 1.54) is 0 Å². The van der Waals surface area contributed by atoms with E-state index in [0.717, 1.165) is 24.8 Å². The SMILES string of the molecule is Cc1cn[nH]c1NC(=O)C1CCCCO1. The van der Waals surface area contributed by atoms with Crippen molar-refractivity contribution in [1.82, 2.24) is 10.2 Å². The Morgan fingerprint density at radius 2 is 2.53 bits per heavy atom. The Morgan fingerprint density at radius 3 is 3.13 bits per heavy atom. The first-order chi connectivity index (χ1) is 7.27. The fraction of sp³-hybridized carbons (Fsp3) is 0.600. The number of H-pyrrole nitrogens is 1. The second-order valence-electron chi connectivity index (χ2n) is 3.77. The van der Waals surface area contributed by atoms with Gasteiger partial charge < -0.3 is 10.1 Å². The third-order valence-corrected chi connectivity index (χ3v) is 2.55. The number of aryl methyl sites for hydroxylation is 1. The van der Waals surface area contributed by atoms with E-state index < -0.39 is 0 Å². The molecule has 1 aromatic rings. The Balaban J connectivity index is 1.94. The molecule has 5 heteroatoms. The van der Waals surface area contributed by atoms with Gasteiger partial charge in [-0.05, 0) is 26.2 Å². The number of nitrogens with zero attached hydrogens (tertiary/aromatic N) is 1. The van der Waals surface area contributed by atoms with Crippen LogP contribution in [0.4, 0.5) is 5.82 Å². The molecule has 82 valence electrons. The van der Waals surface area contributed by atoms with Crippen molar-refractivity contribution in [2.75, 3.05) is 11.9 Å². The van der Waals surface area contributed by atoms with Crippen LogP contribution >= 0.6 is 0 Å². The number of aromatic amines is 1. The van der Waals surface area contributed by atoms with Crippen LogP contribution in [0.25, 0.3) is 0 Å². The minimum atomic E-state index is -0.304. The third-order valence-electron chi connectivity index (χ3n) is 2.55. The summed E-state index contributed by atoms with van der Waals surface area (Å²) in [6, 6.07) is 0. The van der Waals surface area contributed by atoms with Crippen molar-refractivity contribution < 1.29 is 9.53 Å². The average Bonchev–Trinajstić information content (AvgIpc) is 2.66. The summed E-state index contributed by atoms with van der Waals surface area (Å²) in [5, 5.41) is 9.36. The number of nitrogens with one attached hydrogen (secondary N) is 2. The van der Waals surface area contributed by atoms with Crippen LogP contribution in [-0.2, 0) is 9.53 Å². The maximum absolute atomic E-state index is 11.7. The summed E-state index contributed by atoms with van der Waals surface area (Å²) in [5.41, 5.74) is 0.930. The molecule has 1 aromatic heterocycles. The van der Waals surface area contributed by atoms with Gasteiger partial charge in [-0.1, -0.05) is 0 Å². The Hall–Kier alpha value is -1.36. The van der Waals surface area contributed by atoms with Crippen LogP contribution in [0.2, 0.25) is 0 Å². The fourth-order valence-electron chi connectivity index (χ4n) is 1.62. The Morgan fingerprint density at radius 1 is 1.67 bits per heavy atom. The van der Waals surface area contributed by atoms with Crippen LogP contribution in [-0.4, -0.2) is 28.8 Å². The smallest absolute Gasteiger partial charge is 0.254 e. The minimum absolute atomic E-state index is 0.0814. The number of hydrogen-bond acceptors (Lipinski definition) is 3. The normalized spacial score (nSPS) is 21.3. The molecule has 0 spiro atoms. The lowest BCUT2D eigenvalue weighted by Crippen LogP contribution is -2.33. The highest BCUT2D eigenvalue weighted by Crippen LogP contribution is 2.15. The highest BCUT2D eigenvalue weighted by molar-refractivity contribution is 5.93. The van der Waals surface area contributed by atoms with E-state index in [0.29, 0.717) is 12.4 Å². The molecule has 2 N–H and O–H groups in total. The number of aromatic nitrogens is 2. The summed E-state index contributed by atoms with van der Waals surface area (Å²) >= 11 is 0. The van der Waals surface area contributed by atoms with E-state index >= 15 is 0 Å². The molecule has 5 nitrogen and oxygen atoms in total. The molecule has 15 heavy (non-hydrogen) atoms. The zero-order valence-corrected chi connectivity index (χ0v) is 8.75. The molecular weight excluding hydrogens is 194 g/mol. The quantitative estimate of drug-likeness (QED) is 0.769. The van der Waals surface area contributed by atoms with Gasteiger partial charge in [0.2, 0.25) is 0 Å². The second kappa shape index (κ2) is 4.44. The monoisotopic (exact) mass is 209 g/mol. The maximum atomic E-state index is 11.7. The van der Waals surface area contributed by atoms with Gasteiger partial charge in [-0.3, -0.25) is 9.89 Å². The first kappa shape index (κ1) is 10.2. The van der Waals surface area contributed by atoms with E-state index in [4.69, 9.17) is 4.74 Å². The highest BCUT2D eigenvalue weighted by Gasteiger charge is 2.22. The zero-order chi connectivity index (χ0) is 10.7. The van der Waals surface area contributed by atoms with E-state index in [2.05, 4.69) is 15.5 Å². The van der Waals surface area contributed by atoms with Gasteiger partial charge in [0.25, 0.3) is 5.91 Å². The Labute approximate surface area is 88.2 Å². The van der Waals surface area contributed by atoms with Crippen LogP contribution in [0.15, 0.2) is 6.20 Å². The third kappa shape index (κ3) is 2.36. The molecule has 2 rings (SSSR count). The van der Waals surface area contributed by atoms with Crippen molar-refractivity contribution in [3.05, 3.63) is 11.8 Å². The predicted octanol–water partition coefficient (Wildman–Crippen LogP) is 1.23. The van der Waals surface area contributed by atoms with E-state index in [1.54, 1.807) is 6.20 Å². The van der Waals surface area contributed by atoms with Crippen LogP contribution in [0, 0.1) is 6.92 Å². The minimum Gasteiger partial charge on any atom is -0.368 e. The topological polar surface area (TPSA) is 67.0 Å². The molecule has 1 atom stereocenters. The standard InChI is InChI=1S/C10H15N3O2/c1-7-6-11-13-9(7)12-10(14)8-4-2-3-5-15-8/h6,8H,2-5H2,1H3,(H2,11,12,13,14). The Kier molecular flexibility index (Phi) is 3.01. The van der Waals surface area contributed by atoms with Crippen molar-refractivity contribution >= 4 is 11.7 Å². The van der Waals surface area contributed by atoms with Gasteiger partial charge in [0, 0.05) is 12.2 Å². The molecule has 1 saturated heterocycles. The number of hydrogen-bond donors (Lipinski definition) is 2. The van der Waals surface area contributed by atoms with Gasteiger partial charge in [-0.15, -0.1) is 0 Å². The molecule has 1 aliphatic heterocycles. The molecule has 1 aliphatic rings. The summed E-state index contributed by atoms with van der Waals surface area (Å²) in [4.78, 5) is 11.7. The molecule has 1 amide bonds. The fourth-order valence-corrected chi connectivity index (χ4v) is 1.62. The number of anilines is 1. The van der Waals surface area contributed by atoms with Crippen LogP contribution in [0.1, 0.15) is 24.8 Å². The van der Waals surface area contributed by atoms with Crippen LogP contribution < -0.4 is 5.32 Å². The first-order valence-corrected chi connectivity index (χ1v) is 5.20. The van der Waals surface area contributed by atoms with Crippen molar-refractivity contribution in [1.29, 1.82) is 0 Å². The van der Waals surface area contributed by atoms with Crippen LogP contribution in [0.5, 0.6) is 0 Å².